The van der Waals surface area contributed by atoms with Crippen molar-refractivity contribution in [3.63, 3.8) is 0 Å². The number of carbonyl (C=O) groups is 1. The predicted molar refractivity (Wildman–Crippen MR) is 139 cm³/mol. The molecule has 1 amide bonds. The Labute approximate surface area is 212 Å². The second-order valence-electron chi connectivity index (χ2n) is 9.61. The summed E-state index contributed by atoms with van der Waals surface area (Å²) in [6.07, 6.45) is 6.10. The fraction of sp³-hybridized carbons (Fsp3) is 0.333. The summed E-state index contributed by atoms with van der Waals surface area (Å²) in [5.74, 6) is 0.689. The molecule has 2 aliphatic rings. The summed E-state index contributed by atoms with van der Waals surface area (Å²) in [6, 6.07) is 15.7. The molecule has 1 spiro atoms. The SMILES string of the molecule is COc1cccc(-n2c(=O)c3c(n4c(SCC(N)=O)nnc24)-c2ccccc2CC32CCCCC2)c1. The normalized spacial score (nSPS) is 16.0. The zero-order valence-electron chi connectivity index (χ0n) is 20.1. The third-order valence-electron chi connectivity index (χ3n) is 7.49. The van der Waals surface area contributed by atoms with Gasteiger partial charge in [-0.25, -0.2) is 4.57 Å². The average molecular weight is 502 g/mol. The molecule has 0 bridgehead atoms. The molecule has 0 atom stereocenters. The van der Waals surface area contributed by atoms with Crippen LogP contribution in [0.1, 0.15) is 43.2 Å². The fourth-order valence-electron chi connectivity index (χ4n) is 5.98. The molecule has 6 rings (SSSR count). The van der Waals surface area contributed by atoms with Gasteiger partial charge in [0.1, 0.15) is 5.75 Å². The van der Waals surface area contributed by atoms with E-state index in [0.29, 0.717) is 22.4 Å². The van der Waals surface area contributed by atoms with Gasteiger partial charge < -0.3 is 10.5 Å². The van der Waals surface area contributed by atoms with Gasteiger partial charge in [0.2, 0.25) is 11.7 Å². The Hall–Kier alpha value is -3.59. The summed E-state index contributed by atoms with van der Waals surface area (Å²) in [5.41, 5.74) is 9.71. The molecule has 2 aliphatic carbocycles. The van der Waals surface area contributed by atoms with Crippen molar-refractivity contribution >= 4 is 23.4 Å². The first-order chi connectivity index (χ1) is 17.5. The van der Waals surface area contributed by atoms with Crippen LogP contribution in [0.4, 0.5) is 0 Å². The Kier molecular flexibility index (Phi) is 5.59. The maximum atomic E-state index is 14.5. The van der Waals surface area contributed by atoms with Crippen LogP contribution >= 0.6 is 11.8 Å². The topological polar surface area (TPSA) is 105 Å². The van der Waals surface area contributed by atoms with Gasteiger partial charge in [0.25, 0.3) is 5.56 Å². The number of nitrogens with two attached hydrogens (primary N) is 1. The molecule has 0 aliphatic heterocycles. The number of primary amides is 1. The van der Waals surface area contributed by atoms with Gasteiger partial charge in [0.15, 0.2) is 5.16 Å². The summed E-state index contributed by atoms with van der Waals surface area (Å²) < 4.78 is 9.06. The van der Waals surface area contributed by atoms with Crippen molar-refractivity contribution < 1.29 is 9.53 Å². The van der Waals surface area contributed by atoms with Crippen molar-refractivity contribution in [3.8, 4) is 22.7 Å². The van der Waals surface area contributed by atoms with Crippen molar-refractivity contribution in [2.75, 3.05) is 12.9 Å². The van der Waals surface area contributed by atoms with Crippen molar-refractivity contribution in [2.24, 2.45) is 5.73 Å². The van der Waals surface area contributed by atoms with E-state index in [2.05, 4.69) is 28.4 Å². The lowest BCUT2D eigenvalue weighted by Gasteiger charge is -2.42. The van der Waals surface area contributed by atoms with Crippen LogP contribution in [-0.2, 0) is 16.6 Å². The van der Waals surface area contributed by atoms with E-state index in [9.17, 15) is 9.59 Å². The summed E-state index contributed by atoms with van der Waals surface area (Å²) in [7, 11) is 1.61. The van der Waals surface area contributed by atoms with Crippen molar-refractivity contribution in [2.45, 2.75) is 49.1 Å². The number of hydrogen-bond donors (Lipinski definition) is 1. The number of fused-ring (bicyclic) bond motifs is 6. The molecule has 2 N–H and O–H groups in total. The van der Waals surface area contributed by atoms with E-state index >= 15 is 0 Å². The monoisotopic (exact) mass is 501 g/mol. The van der Waals surface area contributed by atoms with E-state index in [1.807, 2.05) is 34.7 Å². The third kappa shape index (κ3) is 3.52. The maximum Gasteiger partial charge on any atom is 0.263 e. The second kappa shape index (κ2) is 8.81. The zero-order valence-corrected chi connectivity index (χ0v) is 20.9. The standard InChI is InChI=1S/C27H27N5O3S/c1-35-19-10-7-9-18(14-19)31-24(34)22-23(32-25(31)29-30-26(32)36-16-21(28)33)20-11-4-3-8-17(20)15-27(22)12-5-2-6-13-27/h3-4,7-11,14H,2,5-6,12-13,15-16H2,1H3,(H2,28,33). The summed E-state index contributed by atoms with van der Waals surface area (Å²) >= 11 is 1.24. The molecular formula is C27H27N5O3S. The summed E-state index contributed by atoms with van der Waals surface area (Å²) in [6.45, 7) is 0. The number of thioether (sulfide) groups is 1. The molecule has 0 unspecified atom stereocenters. The molecule has 0 radical (unpaired) electrons. The van der Waals surface area contributed by atoms with E-state index in [-0.39, 0.29) is 16.7 Å². The number of hydrogen-bond acceptors (Lipinski definition) is 6. The van der Waals surface area contributed by atoms with Gasteiger partial charge in [-0.15, -0.1) is 10.2 Å². The smallest absolute Gasteiger partial charge is 0.263 e. The highest BCUT2D eigenvalue weighted by Crippen LogP contribution is 2.49. The Morgan fingerprint density at radius 3 is 2.69 bits per heavy atom. The highest BCUT2D eigenvalue weighted by molar-refractivity contribution is 7.99. The van der Waals surface area contributed by atoms with Crippen molar-refractivity contribution in [1.82, 2.24) is 19.2 Å². The molecule has 0 saturated heterocycles. The molecular weight excluding hydrogens is 474 g/mol. The van der Waals surface area contributed by atoms with Gasteiger partial charge in [0, 0.05) is 22.6 Å². The number of aromatic nitrogens is 4. The predicted octanol–water partition coefficient (Wildman–Crippen LogP) is 3.89. The van der Waals surface area contributed by atoms with Crippen LogP contribution in [0.25, 0.3) is 22.7 Å². The minimum atomic E-state index is -0.434. The number of benzene rings is 2. The van der Waals surface area contributed by atoms with Gasteiger partial charge >= 0.3 is 0 Å². The molecule has 4 aromatic rings. The lowest BCUT2D eigenvalue weighted by atomic mass is 9.62. The van der Waals surface area contributed by atoms with Crippen LogP contribution in [0.5, 0.6) is 5.75 Å². The Morgan fingerprint density at radius 2 is 1.92 bits per heavy atom. The van der Waals surface area contributed by atoms with E-state index in [1.54, 1.807) is 11.7 Å². The summed E-state index contributed by atoms with van der Waals surface area (Å²) in [4.78, 5) is 26.2. The van der Waals surface area contributed by atoms with Crippen LogP contribution < -0.4 is 16.0 Å². The van der Waals surface area contributed by atoms with E-state index in [4.69, 9.17) is 10.5 Å². The average Bonchev–Trinajstić information content (AvgIpc) is 3.31. The van der Waals surface area contributed by atoms with Gasteiger partial charge in [-0.3, -0.25) is 14.0 Å². The number of carbonyl (C=O) groups excluding carboxylic acids is 1. The van der Waals surface area contributed by atoms with E-state index in [1.165, 1.54) is 23.7 Å². The van der Waals surface area contributed by atoms with E-state index in [0.717, 1.165) is 48.9 Å². The van der Waals surface area contributed by atoms with Crippen LogP contribution in [0, 0.1) is 0 Å². The molecule has 2 aromatic carbocycles. The Bertz CT molecular complexity index is 1550. The van der Waals surface area contributed by atoms with Crippen LogP contribution in [0.3, 0.4) is 0 Å². The zero-order chi connectivity index (χ0) is 24.9. The van der Waals surface area contributed by atoms with Gasteiger partial charge in [-0.2, -0.15) is 0 Å². The minimum Gasteiger partial charge on any atom is -0.497 e. The first kappa shape index (κ1) is 22.8. The van der Waals surface area contributed by atoms with E-state index < -0.39 is 5.91 Å². The van der Waals surface area contributed by atoms with Gasteiger partial charge in [-0.05, 0) is 37.0 Å². The molecule has 1 saturated carbocycles. The summed E-state index contributed by atoms with van der Waals surface area (Å²) in [5, 5.41) is 9.44. The van der Waals surface area contributed by atoms with Gasteiger partial charge in [0.05, 0.1) is 24.2 Å². The first-order valence-electron chi connectivity index (χ1n) is 12.2. The molecule has 8 nitrogen and oxygen atoms in total. The highest BCUT2D eigenvalue weighted by Gasteiger charge is 2.44. The third-order valence-corrected chi connectivity index (χ3v) is 8.44. The molecule has 2 aromatic heterocycles. The largest absolute Gasteiger partial charge is 0.497 e. The molecule has 2 heterocycles. The molecule has 9 heteroatoms. The lowest BCUT2D eigenvalue weighted by molar-refractivity contribution is -0.115. The lowest BCUT2D eigenvalue weighted by Crippen LogP contribution is -2.43. The van der Waals surface area contributed by atoms with Gasteiger partial charge in [-0.1, -0.05) is 61.4 Å². The quantitative estimate of drug-likeness (QED) is 0.416. The number of methoxy groups -OCH3 is 1. The first-order valence-corrected chi connectivity index (χ1v) is 13.2. The number of ether oxygens (including phenoxy) is 1. The second-order valence-corrected chi connectivity index (χ2v) is 10.6. The molecule has 184 valence electrons. The molecule has 36 heavy (non-hydrogen) atoms. The number of amides is 1. The van der Waals surface area contributed by atoms with Crippen LogP contribution in [0.15, 0.2) is 58.5 Å². The fourth-order valence-corrected chi connectivity index (χ4v) is 6.65. The highest BCUT2D eigenvalue weighted by atomic mass is 32.2. The number of nitrogens with zero attached hydrogens (tertiary/aromatic N) is 4. The number of rotatable bonds is 5. The van der Waals surface area contributed by atoms with Crippen LogP contribution in [0.2, 0.25) is 0 Å². The minimum absolute atomic E-state index is 0.0685. The Balaban J connectivity index is 1.75. The Morgan fingerprint density at radius 1 is 1.11 bits per heavy atom. The van der Waals surface area contributed by atoms with Crippen molar-refractivity contribution in [3.05, 3.63) is 70.0 Å². The molecule has 1 fully saturated rings. The van der Waals surface area contributed by atoms with Crippen molar-refractivity contribution in [1.29, 1.82) is 0 Å². The maximum absolute atomic E-state index is 14.5. The van der Waals surface area contributed by atoms with Crippen LogP contribution in [-0.4, -0.2) is 37.9 Å².